The highest BCUT2D eigenvalue weighted by Crippen LogP contribution is 2.26. The van der Waals surface area contributed by atoms with Gasteiger partial charge in [-0.2, -0.15) is 4.98 Å². The monoisotopic (exact) mass is 209 g/mol. The minimum absolute atomic E-state index is 0.106. The Labute approximate surface area is 88.5 Å². The molecule has 0 radical (unpaired) electrons. The van der Waals surface area contributed by atoms with E-state index in [9.17, 15) is 4.79 Å². The lowest BCUT2D eigenvalue weighted by molar-refractivity contribution is -0.133. The molecule has 1 aliphatic rings. The number of rotatable bonds is 2. The maximum absolute atomic E-state index is 11.0. The van der Waals surface area contributed by atoms with Crippen molar-refractivity contribution in [1.82, 2.24) is 15.0 Å². The van der Waals surface area contributed by atoms with E-state index in [4.69, 9.17) is 4.52 Å². The largest absolute Gasteiger partial charge is 0.341 e. The third kappa shape index (κ3) is 1.86. The Morgan fingerprint density at radius 2 is 2.20 bits per heavy atom. The van der Waals surface area contributed by atoms with Crippen LogP contribution in [0.15, 0.2) is 4.52 Å². The minimum atomic E-state index is 0.106. The molecule has 1 saturated heterocycles. The molecule has 5 nitrogen and oxygen atoms in total. The van der Waals surface area contributed by atoms with Gasteiger partial charge in [-0.05, 0) is 0 Å². The van der Waals surface area contributed by atoms with E-state index in [1.807, 2.05) is 13.8 Å². The third-order valence-corrected chi connectivity index (χ3v) is 2.65. The summed E-state index contributed by atoms with van der Waals surface area (Å²) in [6, 6.07) is 0. The molecular formula is C10H15N3O2. The van der Waals surface area contributed by atoms with Crippen LogP contribution in [0, 0.1) is 0 Å². The van der Waals surface area contributed by atoms with Gasteiger partial charge in [0.05, 0.1) is 5.92 Å². The zero-order valence-corrected chi connectivity index (χ0v) is 9.23. The number of carbonyl (C=O) groups excluding carboxylic acids is 1. The van der Waals surface area contributed by atoms with E-state index in [0.717, 1.165) is 5.82 Å². The summed E-state index contributed by atoms with van der Waals surface area (Å²) in [4.78, 5) is 17.1. The number of nitrogens with zero attached hydrogens (tertiary/aromatic N) is 3. The first-order valence-electron chi connectivity index (χ1n) is 5.17. The number of amides is 1. The number of hydrogen-bond acceptors (Lipinski definition) is 4. The van der Waals surface area contributed by atoms with Crippen molar-refractivity contribution in [2.45, 2.75) is 32.6 Å². The second-order valence-corrected chi connectivity index (χ2v) is 4.27. The van der Waals surface area contributed by atoms with Crippen molar-refractivity contribution in [3.8, 4) is 0 Å². The first-order valence-corrected chi connectivity index (χ1v) is 5.17. The van der Waals surface area contributed by atoms with E-state index >= 15 is 0 Å². The fraction of sp³-hybridized carbons (Fsp3) is 0.700. The molecule has 2 heterocycles. The fourth-order valence-electron chi connectivity index (χ4n) is 1.54. The second-order valence-electron chi connectivity index (χ2n) is 4.27. The van der Waals surface area contributed by atoms with E-state index < -0.39 is 0 Å². The minimum Gasteiger partial charge on any atom is -0.341 e. The number of hydrogen-bond donors (Lipinski definition) is 0. The molecule has 2 rings (SSSR count). The number of carbonyl (C=O) groups is 1. The molecule has 1 fully saturated rings. The summed E-state index contributed by atoms with van der Waals surface area (Å²) in [7, 11) is 0. The molecule has 15 heavy (non-hydrogen) atoms. The van der Waals surface area contributed by atoms with Gasteiger partial charge in [0, 0.05) is 25.9 Å². The molecule has 0 bridgehead atoms. The van der Waals surface area contributed by atoms with Gasteiger partial charge in [-0.15, -0.1) is 0 Å². The van der Waals surface area contributed by atoms with Crippen LogP contribution >= 0.6 is 0 Å². The summed E-state index contributed by atoms with van der Waals surface area (Å²) in [5, 5.41) is 3.90. The molecule has 5 heteroatoms. The summed E-state index contributed by atoms with van der Waals surface area (Å²) in [6.07, 6.45) is 0. The first kappa shape index (κ1) is 10.1. The molecule has 0 aliphatic carbocycles. The Kier molecular flexibility index (Phi) is 2.46. The lowest BCUT2D eigenvalue weighted by Crippen LogP contribution is -2.47. The van der Waals surface area contributed by atoms with Crippen LogP contribution < -0.4 is 0 Å². The van der Waals surface area contributed by atoms with Crippen molar-refractivity contribution >= 4 is 5.91 Å². The summed E-state index contributed by atoms with van der Waals surface area (Å²) < 4.78 is 5.16. The van der Waals surface area contributed by atoms with Crippen molar-refractivity contribution in [3.05, 3.63) is 11.7 Å². The van der Waals surface area contributed by atoms with E-state index in [2.05, 4.69) is 10.1 Å². The topological polar surface area (TPSA) is 59.2 Å². The van der Waals surface area contributed by atoms with Crippen LogP contribution in [-0.2, 0) is 4.79 Å². The Morgan fingerprint density at radius 1 is 1.53 bits per heavy atom. The van der Waals surface area contributed by atoms with Crippen LogP contribution in [0.2, 0.25) is 0 Å². The van der Waals surface area contributed by atoms with Gasteiger partial charge in [-0.3, -0.25) is 4.79 Å². The lowest BCUT2D eigenvalue weighted by atomic mass is 10.0. The molecule has 1 aliphatic heterocycles. The zero-order valence-electron chi connectivity index (χ0n) is 9.23. The van der Waals surface area contributed by atoms with Crippen LogP contribution in [-0.4, -0.2) is 34.0 Å². The maximum Gasteiger partial charge on any atom is 0.233 e. The van der Waals surface area contributed by atoms with E-state index in [1.165, 1.54) is 0 Å². The highest BCUT2D eigenvalue weighted by atomic mass is 16.5. The van der Waals surface area contributed by atoms with Crippen LogP contribution in [0.1, 0.15) is 44.3 Å². The molecule has 1 aromatic rings. The summed E-state index contributed by atoms with van der Waals surface area (Å²) >= 11 is 0. The zero-order chi connectivity index (χ0) is 11.0. The standard InChI is InChI=1S/C10H15N3O2/c1-6(2)9-11-10(15-12-9)8-4-13(5-8)7(3)14/h6,8H,4-5H2,1-3H3. The normalized spacial score (nSPS) is 16.9. The Bertz CT molecular complexity index is 366. The van der Waals surface area contributed by atoms with Crippen molar-refractivity contribution in [1.29, 1.82) is 0 Å². The van der Waals surface area contributed by atoms with Crippen molar-refractivity contribution < 1.29 is 9.32 Å². The average molecular weight is 209 g/mol. The van der Waals surface area contributed by atoms with Gasteiger partial charge < -0.3 is 9.42 Å². The molecule has 0 aromatic carbocycles. The molecule has 0 atom stereocenters. The van der Waals surface area contributed by atoms with Gasteiger partial charge >= 0.3 is 0 Å². The molecule has 0 spiro atoms. The Hall–Kier alpha value is -1.39. The number of aromatic nitrogens is 2. The SMILES string of the molecule is CC(=O)N1CC(c2nc(C(C)C)no2)C1. The van der Waals surface area contributed by atoms with E-state index in [1.54, 1.807) is 11.8 Å². The summed E-state index contributed by atoms with van der Waals surface area (Å²) in [5.41, 5.74) is 0. The van der Waals surface area contributed by atoms with Crippen LogP contribution in [0.3, 0.4) is 0 Å². The van der Waals surface area contributed by atoms with Gasteiger partial charge in [0.2, 0.25) is 11.8 Å². The summed E-state index contributed by atoms with van der Waals surface area (Å²) in [6.45, 7) is 7.03. The maximum atomic E-state index is 11.0. The van der Waals surface area contributed by atoms with Crippen molar-refractivity contribution in [3.63, 3.8) is 0 Å². The predicted octanol–water partition coefficient (Wildman–Crippen LogP) is 1.14. The quantitative estimate of drug-likeness (QED) is 0.732. The highest BCUT2D eigenvalue weighted by Gasteiger charge is 2.34. The lowest BCUT2D eigenvalue weighted by Gasteiger charge is -2.36. The van der Waals surface area contributed by atoms with Crippen LogP contribution in [0.5, 0.6) is 0 Å². The summed E-state index contributed by atoms with van der Waals surface area (Å²) in [5.74, 6) is 2.03. The molecule has 0 saturated carbocycles. The fourth-order valence-corrected chi connectivity index (χ4v) is 1.54. The van der Waals surface area contributed by atoms with Gasteiger partial charge in [0.1, 0.15) is 0 Å². The second kappa shape index (κ2) is 3.64. The molecule has 82 valence electrons. The third-order valence-electron chi connectivity index (χ3n) is 2.65. The molecule has 1 amide bonds. The molecule has 0 unspecified atom stereocenters. The molecular weight excluding hydrogens is 194 g/mol. The predicted molar refractivity (Wildman–Crippen MR) is 53.4 cm³/mol. The van der Waals surface area contributed by atoms with Gasteiger partial charge in [-0.25, -0.2) is 0 Å². The van der Waals surface area contributed by atoms with Gasteiger partial charge in [-0.1, -0.05) is 19.0 Å². The van der Waals surface area contributed by atoms with E-state index in [0.29, 0.717) is 19.0 Å². The number of likely N-dealkylation sites (tertiary alicyclic amines) is 1. The van der Waals surface area contributed by atoms with E-state index in [-0.39, 0.29) is 17.7 Å². The first-order chi connectivity index (χ1) is 7.08. The molecule has 0 N–H and O–H groups in total. The van der Waals surface area contributed by atoms with Gasteiger partial charge in [0.15, 0.2) is 5.82 Å². The van der Waals surface area contributed by atoms with Crippen molar-refractivity contribution in [2.24, 2.45) is 0 Å². The average Bonchev–Trinajstić information content (AvgIpc) is 2.49. The van der Waals surface area contributed by atoms with Crippen LogP contribution in [0.4, 0.5) is 0 Å². The Balaban J connectivity index is 1.98. The smallest absolute Gasteiger partial charge is 0.233 e. The van der Waals surface area contributed by atoms with Gasteiger partial charge in [0.25, 0.3) is 0 Å². The highest BCUT2D eigenvalue weighted by molar-refractivity contribution is 5.74. The Morgan fingerprint density at radius 3 is 2.67 bits per heavy atom. The molecule has 1 aromatic heterocycles. The van der Waals surface area contributed by atoms with Crippen molar-refractivity contribution in [2.75, 3.05) is 13.1 Å². The van der Waals surface area contributed by atoms with Crippen LogP contribution in [0.25, 0.3) is 0 Å².